The highest BCUT2D eigenvalue weighted by Crippen LogP contribution is 2.39. The first-order valence-electron chi connectivity index (χ1n) is 14.7. The first kappa shape index (κ1) is 25.7. The van der Waals surface area contributed by atoms with Crippen LogP contribution in [0.15, 0.2) is 158 Å². The van der Waals surface area contributed by atoms with Crippen LogP contribution in [0.3, 0.4) is 0 Å². The lowest BCUT2D eigenvalue weighted by molar-refractivity contribution is 1.07. The molecule has 0 bridgehead atoms. The fourth-order valence-corrected chi connectivity index (χ4v) is 5.81. The predicted molar refractivity (Wildman–Crippen MR) is 180 cm³/mol. The monoisotopic (exact) mass is 562 g/mol. The van der Waals surface area contributed by atoms with Crippen LogP contribution in [-0.2, 0) is 0 Å². The number of fused-ring (bicyclic) bond motifs is 3. The van der Waals surface area contributed by atoms with Crippen LogP contribution in [0.25, 0.3) is 78.2 Å². The molecule has 0 aliphatic carbocycles. The van der Waals surface area contributed by atoms with Crippen molar-refractivity contribution in [2.24, 2.45) is 0 Å². The van der Waals surface area contributed by atoms with E-state index in [0.717, 1.165) is 60.8 Å². The van der Waals surface area contributed by atoms with Crippen LogP contribution in [0.4, 0.5) is 0 Å². The Bertz CT molecular complexity index is 2190. The lowest BCUT2D eigenvalue weighted by Gasteiger charge is -2.15. The topological polar surface area (TPSA) is 51.6 Å². The highest BCUT2D eigenvalue weighted by molar-refractivity contribution is 6.17. The van der Waals surface area contributed by atoms with Crippen molar-refractivity contribution in [3.8, 4) is 56.5 Å². The fourth-order valence-electron chi connectivity index (χ4n) is 5.81. The molecule has 206 valence electrons. The normalized spacial score (nSPS) is 11.2. The Morgan fingerprint density at radius 2 is 0.818 bits per heavy atom. The molecule has 0 spiro atoms. The van der Waals surface area contributed by atoms with Crippen molar-refractivity contribution in [3.05, 3.63) is 158 Å². The summed E-state index contributed by atoms with van der Waals surface area (Å²) in [7, 11) is 0. The van der Waals surface area contributed by atoms with Gasteiger partial charge in [-0.25, -0.2) is 19.9 Å². The maximum absolute atomic E-state index is 5.22. The summed E-state index contributed by atoms with van der Waals surface area (Å²) in [5, 5.41) is 3.32. The van der Waals surface area contributed by atoms with Crippen molar-refractivity contribution in [2.45, 2.75) is 0 Å². The molecule has 44 heavy (non-hydrogen) atoms. The Kier molecular flexibility index (Phi) is 6.43. The molecule has 8 aromatic rings. The van der Waals surface area contributed by atoms with Crippen molar-refractivity contribution in [2.75, 3.05) is 0 Å². The molecule has 0 N–H and O–H groups in total. The molecule has 0 atom stereocenters. The second-order valence-electron chi connectivity index (χ2n) is 10.7. The van der Waals surface area contributed by atoms with Crippen molar-refractivity contribution in [1.29, 1.82) is 0 Å². The van der Waals surface area contributed by atoms with E-state index in [1.54, 1.807) is 0 Å². The Balaban J connectivity index is 1.41. The lowest BCUT2D eigenvalue weighted by Crippen LogP contribution is -2.00. The summed E-state index contributed by atoms with van der Waals surface area (Å²) >= 11 is 0. The summed E-state index contributed by atoms with van der Waals surface area (Å²) in [6, 6.07) is 53.9. The van der Waals surface area contributed by atoms with Gasteiger partial charge in [0.25, 0.3) is 0 Å². The zero-order valence-corrected chi connectivity index (χ0v) is 23.8. The number of rotatable bonds is 5. The van der Waals surface area contributed by atoms with Crippen molar-refractivity contribution < 1.29 is 0 Å². The highest BCUT2D eigenvalue weighted by atomic mass is 15.0. The fraction of sp³-hybridized carbons (Fsp3) is 0. The van der Waals surface area contributed by atoms with E-state index in [2.05, 4.69) is 91.0 Å². The second-order valence-corrected chi connectivity index (χ2v) is 10.7. The maximum atomic E-state index is 5.22. The standard InChI is InChI=1S/C40H26N4/c1-5-14-27(15-6-1)32-22-13-23-33-36(32)34-26-31(24-25-35(34)41-37(33)28-16-7-2-8-17-28)40-43-38(29-18-9-3-10-19-29)42-39(44-40)30-20-11-4-12-21-30/h1-26H. The number of pyridine rings is 1. The van der Waals surface area contributed by atoms with Gasteiger partial charge in [0.2, 0.25) is 0 Å². The van der Waals surface area contributed by atoms with Crippen molar-refractivity contribution in [3.63, 3.8) is 0 Å². The van der Waals surface area contributed by atoms with Gasteiger partial charge >= 0.3 is 0 Å². The molecular weight excluding hydrogens is 536 g/mol. The van der Waals surface area contributed by atoms with E-state index >= 15 is 0 Å². The number of aromatic nitrogens is 4. The minimum absolute atomic E-state index is 0.622. The molecular formula is C40H26N4. The molecule has 4 nitrogen and oxygen atoms in total. The van der Waals surface area contributed by atoms with E-state index < -0.39 is 0 Å². The number of nitrogens with zero attached hydrogens (tertiary/aromatic N) is 4. The summed E-state index contributed by atoms with van der Waals surface area (Å²) in [5.41, 5.74) is 8.10. The average molecular weight is 563 g/mol. The van der Waals surface area contributed by atoms with Gasteiger partial charge in [-0.1, -0.05) is 140 Å². The van der Waals surface area contributed by atoms with Crippen LogP contribution in [0, 0.1) is 0 Å². The maximum Gasteiger partial charge on any atom is 0.164 e. The van der Waals surface area contributed by atoms with Gasteiger partial charge in [-0.2, -0.15) is 0 Å². The van der Waals surface area contributed by atoms with Crippen LogP contribution < -0.4 is 0 Å². The summed E-state index contributed by atoms with van der Waals surface area (Å²) in [5.74, 6) is 1.90. The molecule has 0 unspecified atom stereocenters. The average Bonchev–Trinajstić information content (AvgIpc) is 3.12. The molecule has 0 radical (unpaired) electrons. The molecule has 0 aliphatic rings. The third-order valence-corrected chi connectivity index (χ3v) is 7.91. The zero-order chi connectivity index (χ0) is 29.3. The molecule has 0 saturated heterocycles. The Hall–Kier alpha value is -6.00. The first-order chi connectivity index (χ1) is 21.8. The lowest BCUT2D eigenvalue weighted by atomic mass is 9.92. The molecule has 0 fully saturated rings. The van der Waals surface area contributed by atoms with Gasteiger partial charge in [-0.3, -0.25) is 0 Å². The predicted octanol–water partition coefficient (Wildman–Crippen LogP) is 9.91. The zero-order valence-electron chi connectivity index (χ0n) is 23.8. The summed E-state index contributed by atoms with van der Waals surface area (Å²) in [4.78, 5) is 20.1. The molecule has 8 rings (SSSR count). The van der Waals surface area contributed by atoms with E-state index in [4.69, 9.17) is 19.9 Å². The minimum atomic E-state index is 0.622. The van der Waals surface area contributed by atoms with Crippen LogP contribution in [0.5, 0.6) is 0 Å². The second kappa shape index (κ2) is 11.0. The first-order valence-corrected chi connectivity index (χ1v) is 14.7. The van der Waals surface area contributed by atoms with E-state index in [9.17, 15) is 0 Å². The van der Waals surface area contributed by atoms with E-state index in [1.165, 1.54) is 0 Å². The van der Waals surface area contributed by atoms with Gasteiger partial charge in [-0.15, -0.1) is 0 Å². The molecule has 0 aliphatic heterocycles. The molecule has 4 heteroatoms. The summed E-state index contributed by atoms with van der Waals surface area (Å²) < 4.78 is 0. The molecule has 6 aromatic carbocycles. The minimum Gasteiger partial charge on any atom is -0.247 e. The highest BCUT2D eigenvalue weighted by Gasteiger charge is 2.17. The smallest absolute Gasteiger partial charge is 0.164 e. The van der Waals surface area contributed by atoms with Crippen molar-refractivity contribution in [1.82, 2.24) is 19.9 Å². The quantitative estimate of drug-likeness (QED) is 0.196. The SMILES string of the molecule is c1ccc(-c2nc(-c3ccccc3)nc(-c3ccc4nc(-c5ccccc5)c5cccc(-c6ccccc6)c5c4c3)n2)cc1. The molecule has 0 amide bonds. The van der Waals surface area contributed by atoms with E-state index in [0.29, 0.717) is 17.5 Å². The Labute approximate surface area is 255 Å². The Morgan fingerprint density at radius 3 is 1.39 bits per heavy atom. The third-order valence-electron chi connectivity index (χ3n) is 7.91. The molecule has 2 aromatic heterocycles. The molecule has 0 saturated carbocycles. The van der Waals surface area contributed by atoms with Gasteiger partial charge in [0.15, 0.2) is 17.5 Å². The van der Waals surface area contributed by atoms with Gasteiger partial charge < -0.3 is 0 Å². The van der Waals surface area contributed by atoms with E-state index in [1.807, 2.05) is 66.7 Å². The van der Waals surface area contributed by atoms with Gasteiger partial charge in [0.05, 0.1) is 11.2 Å². The molecule has 2 heterocycles. The summed E-state index contributed by atoms with van der Waals surface area (Å²) in [6.07, 6.45) is 0. The van der Waals surface area contributed by atoms with Crippen LogP contribution >= 0.6 is 0 Å². The number of benzene rings is 6. The Morgan fingerprint density at radius 1 is 0.318 bits per heavy atom. The van der Waals surface area contributed by atoms with Crippen LogP contribution in [0.1, 0.15) is 0 Å². The van der Waals surface area contributed by atoms with Gasteiger partial charge in [0, 0.05) is 38.4 Å². The van der Waals surface area contributed by atoms with Crippen LogP contribution in [-0.4, -0.2) is 19.9 Å². The third kappa shape index (κ3) is 4.69. The summed E-state index contributed by atoms with van der Waals surface area (Å²) in [6.45, 7) is 0. The van der Waals surface area contributed by atoms with Crippen LogP contribution in [0.2, 0.25) is 0 Å². The van der Waals surface area contributed by atoms with Crippen molar-refractivity contribution >= 4 is 21.7 Å². The largest absolute Gasteiger partial charge is 0.247 e. The van der Waals surface area contributed by atoms with E-state index in [-0.39, 0.29) is 0 Å². The van der Waals surface area contributed by atoms with Gasteiger partial charge in [-0.05, 0) is 29.3 Å². The van der Waals surface area contributed by atoms with Gasteiger partial charge in [0.1, 0.15) is 0 Å². The number of hydrogen-bond donors (Lipinski definition) is 0. The number of hydrogen-bond acceptors (Lipinski definition) is 4.